The minimum atomic E-state index is -0.669. The monoisotopic (exact) mass is 393 g/mol. The van der Waals surface area contributed by atoms with Gasteiger partial charge in [-0.3, -0.25) is 9.59 Å². The first-order valence-electron chi connectivity index (χ1n) is 7.74. The van der Waals surface area contributed by atoms with Crippen LogP contribution in [0.4, 0.5) is 0 Å². The number of ether oxygens (including phenoxy) is 1. The van der Waals surface area contributed by atoms with Crippen molar-refractivity contribution in [2.75, 3.05) is 6.61 Å². The Labute approximate surface area is 160 Å². The SMILES string of the molecule is CC(=O)c1c(C)[nH]c(C(=O)COC(=O)/C=C/c2ccc(Cl)c(Cl)c2)c1C. The van der Waals surface area contributed by atoms with Crippen LogP contribution in [0, 0.1) is 13.8 Å². The molecular weight excluding hydrogens is 377 g/mol. The number of aromatic amines is 1. The second-order valence-electron chi connectivity index (χ2n) is 5.72. The highest BCUT2D eigenvalue weighted by molar-refractivity contribution is 6.42. The van der Waals surface area contributed by atoms with Gasteiger partial charge in [-0.1, -0.05) is 29.3 Å². The Bertz CT molecular complexity index is 913. The van der Waals surface area contributed by atoms with Gasteiger partial charge >= 0.3 is 5.97 Å². The van der Waals surface area contributed by atoms with E-state index in [9.17, 15) is 14.4 Å². The average Bonchev–Trinajstić information content (AvgIpc) is 2.88. The highest BCUT2D eigenvalue weighted by Gasteiger charge is 2.20. The Morgan fingerprint density at radius 2 is 1.85 bits per heavy atom. The van der Waals surface area contributed by atoms with Gasteiger partial charge in [0.05, 0.1) is 15.7 Å². The Kier molecular flexibility index (Phi) is 6.40. The van der Waals surface area contributed by atoms with Crippen LogP contribution in [0.1, 0.15) is 44.6 Å². The van der Waals surface area contributed by atoms with Crippen LogP contribution in [-0.4, -0.2) is 29.1 Å². The lowest BCUT2D eigenvalue weighted by Gasteiger charge is -2.02. The van der Waals surface area contributed by atoms with E-state index in [2.05, 4.69) is 4.98 Å². The van der Waals surface area contributed by atoms with E-state index < -0.39 is 18.4 Å². The van der Waals surface area contributed by atoms with Crippen molar-refractivity contribution >= 4 is 46.8 Å². The predicted molar refractivity (Wildman–Crippen MR) is 101 cm³/mol. The van der Waals surface area contributed by atoms with Crippen LogP contribution in [0.3, 0.4) is 0 Å². The first-order chi connectivity index (χ1) is 12.2. The molecule has 136 valence electrons. The van der Waals surface area contributed by atoms with Crippen molar-refractivity contribution in [1.82, 2.24) is 4.98 Å². The number of Topliss-reactive ketones (excluding diaryl/α,β-unsaturated/α-hetero) is 2. The van der Waals surface area contributed by atoms with Gasteiger partial charge in [-0.2, -0.15) is 0 Å². The van der Waals surface area contributed by atoms with Gasteiger partial charge < -0.3 is 9.72 Å². The molecule has 0 saturated heterocycles. The van der Waals surface area contributed by atoms with Crippen molar-refractivity contribution in [2.45, 2.75) is 20.8 Å². The highest BCUT2D eigenvalue weighted by Crippen LogP contribution is 2.23. The molecule has 0 amide bonds. The minimum absolute atomic E-state index is 0.128. The number of rotatable bonds is 6. The van der Waals surface area contributed by atoms with E-state index in [1.165, 1.54) is 19.1 Å². The normalized spacial score (nSPS) is 11.0. The third-order valence-corrected chi connectivity index (χ3v) is 4.51. The van der Waals surface area contributed by atoms with Crippen molar-refractivity contribution in [3.05, 3.63) is 62.4 Å². The van der Waals surface area contributed by atoms with Crippen LogP contribution >= 0.6 is 23.2 Å². The lowest BCUT2D eigenvalue weighted by Crippen LogP contribution is -2.14. The Morgan fingerprint density at radius 1 is 1.15 bits per heavy atom. The zero-order valence-electron chi connectivity index (χ0n) is 14.5. The summed E-state index contributed by atoms with van der Waals surface area (Å²) in [4.78, 5) is 38.5. The van der Waals surface area contributed by atoms with Crippen molar-refractivity contribution in [1.29, 1.82) is 0 Å². The molecule has 0 unspecified atom stereocenters. The molecule has 26 heavy (non-hydrogen) atoms. The summed E-state index contributed by atoms with van der Waals surface area (Å²) in [5.74, 6) is -1.21. The largest absolute Gasteiger partial charge is 0.454 e. The van der Waals surface area contributed by atoms with Gasteiger partial charge in [-0.25, -0.2) is 4.79 Å². The first kappa shape index (κ1) is 19.9. The summed E-state index contributed by atoms with van der Waals surface area (Å²) in [6.07, 6.45) is 2.70. The summed E-state index contributed by atoms with van der Waals surface area (Å²) in [5.41, 5.74) is 2.60. The standard InChI is InChI=1S/C19H17Cl2NO4/c1-10-18(12(3)23)11(2)22-19(10)16(24)9-26-17(25)7-5-13-4-6-14(20)15(21)8-13/h4-8,22H,9H2,1-3H3/b7-5+. The summed E-state index contributed by atoms with van der Waals surface area (Å²) in [5, 5.41) is 0.787. The van der Waals surface area contributed by atoms with Crippen LogP contribution in [0.2, 0.25) is 10.0 Å². The number of aryl methyl sites for hydroxylation is 1. The smallest absolute Gasteiger partial charge is 0.331 e. The van der Waals surface area contributed by atoms with Crippen LogP contribution in [0.25, 0.3) is 6.08 Å². The molecule has 1 N–H and O–H groups in total. The third-order valence-electron chi connectivity index (χ3n) is 3.77. The number of H-pyrrole nitrogens is 1. The van der Waals surface area contributed by atoms with E-state index >= 15 is 0 Å². The second kappa shape index (κ2) is 8.34. The molecule has 2 rings (SSSR count). The van der Waals surface area contributed by atoms with Crippen LogP contribution < -0.4 is 0 Å². The minimum Gasteiger partial charge on any atom is -0.454 e. The Morgan fingerprint density at radius 3 is 2.42 bits per heavy atom. The maximum Gasteiger partial charge on any atom is 0.331 e. The van der Waals surface area contributed by atoms with Gasteiger partial charge in [0.1, 0.15) is 0 Å². The zero-order valence-corrected chi connectivity index (χ0v) is 16.0. The number of nitrogens with one attached hydrogen (secondary N) is 1. The number of carbonyl (C=O) groups excluding carboxylic acids is 3. The molecule has 0 fully saturated rings. The quantitative estimate of drug-likeness (QED) is 0.442. The second-order valence-corrected chi connectivity index (χ2v) is 6.53. The summed E-state index contributed by atoms with van der Waals surface area (Å²) in [6, 6.07) is 4.91. The third kappa shape index (κ3) is 4.62. The molecule has 5 nitrogen and oxygen atoms in total. The molecule has 0 atom stereocenters. The fourth-order valence-electron chi connectivity index (χ4n) is 2.59. The fraction of sp³-hybridized carbons (Fsp3) is 0.211. The lowest BCUT2D eigenvalue weighted by atomic mass is 10.1. The summed E-state index contributed by atoms with van der Waals surface area (Å²) >= 11 is 11.7. The van der Waals surface area contributed by atoms with E-state index in [4.69, 9.17) is 27.9 Å². The Hall–Kier alpha value is -2.37. The van der Waals surface area contributed by atoms with Crippen molar-refractivity contribution in [2.24, 2.45) is 0 Å². The molecular formula is C19H17Cl2NO4. The highest BCUT2D eigenvalue weighted by atomic mass is 35.5. The van der Waals surface area contributed by atoms with Crippen molar-refractivity contribution < 1.29 is 19.1 Å². The van der Waals surface area contributed by atoms with Gasteiger partial charge in [0.25, 0.3) is 0 Å². The van der Waals surface area contributed by atoms with Gasteiger partial charge in [-0.15, -0.1) is 0 Å². The fourth-order valence-corrected chi connectivity index (χ4v) is 2.90. The molecule has 1 aromatic heterocycles. The van der Waals surface area contributed by atoms with E-state index in [-0.39, 0.29) is 11.5 Å². The summed E-state index contributed by atoms with van der Waals surface area (Å²) in [7, 11) is 0. The molecule has 7 heteroatoms. The molecule has 1 heterocycles. The number of hydrogen-bond acceptors (Lipinski definition) is 4. The molecule has 0 aliphatic heterocycles. The van der Waals surface area contributed by atoms with E-state index in [1.807, 2.05) is 0 Å². The van der Waals surface area contributed by atoms with Gasteiger partial charge in [-0.05, 0) is 50.1 Å². The molecule has 0 aliphatic rings. The maximum absolute atomic E-state index is 12.2. The number of hydrogen-bond donors (Lipinski definition) is 1. The summed E-state index contributed by atoms with van der Waals surface area (Å²) < 4.78 is 4.96. The number of aromatic nitrogens is 1. The molecule has 2 aromatic rings. The number of esters is 1. The predicted octanol–water partition coefficient (Wildman–Crippen LogP) is 4.58. The van der Waals surface area contributed by atoms with E-state index in [1.54, 1.807) is 32.0 Å². The number of halogens is 2. The molecule has 0 aliphatic carbocycles. The molecule has 0 spiro atoms. The number of carbonyl (C=O) groups is 3. The molecule has 0 radical (unpaired) electrons. The van der Waals surface area contributed by atoms with Gasteiger partial charge in [0.2, 0.25) is 5.78 Å². The van der Waals surface area contributed by atoms with Gasteiger partial charge in [0.15, 0.2) is 12.4 Å². The molecule has 1 aromatic carbocycles. The van der Waals surface area contributed by atoms with Crippen LogP contribution in [0.15, 0.2) is 24.3 Å². The lowest BCUT2D eigenvalue weighted by molar-refractivity contribution is -0.136. The molecule has 0 bridgehead atoms. The zero-order chi connectivity index (χ0) is 19.4. The van der Waals surface area contributed by atoms with Crippen LogP contribution in [-0.2, 0) is 9.53 Å². The Balaban J connectivity index is 2.00. The topological polar surface area (TPSA) is 76.2 Å². The van der Waals surface area contributed by atoms with Crippen LogP contribution in [0.5, 0.6) is 0 Å². The van der Waals surface area contributed by atoms with Crippen molar-refractivity contribution in [3.63, 3.8) is 0 Å². The van der Waals surface area contributed by atoms with E-state index in [0.717, 1.165) is 0 Å². The maximum atomic E-state index is 12.2. The van der Waals surface area contributed by atoms with Crippen molar-refractivity contribution in [3.8, 4) is 0 Å². The van der Waals surface area contributed by atoms with Gasteiger partial charge in [0, 0.05) is 17.3 Å². The molecule has 0 saturated carbocycles. The number of benzene rings is 1. The average molecular weight is 394 g/mol. The number of ketones is 2. The van der Waals surface area contributed by atoms with E-state index in [0.29, 0.717) is 32.4 Å². The summed E-state index contributed by atoms with van der Waals surface area (Å²) in [6.45, 7) is 4.40. The first-order valence-corrected chi connectivity index (χ1v) is 8.49.